The highest BCUT2D eigenvalue weighted by atomic mass is 32.2. The summed E-state index contributed by atoms with van der Waals surface area (Å²) >= 11 is 1.40. The summed E-state index contributed by atoms with van der Waals surface area (Å²) in [4.78, 5) is 37.2. The third-order valence-corrected chi connectivity index (χ3v) is 5.60. The summed E-state index contributed by atoms with van der Waals surface area (Å²) in [7, 11) is 0. The van der Waals surface area contributed by atoms with Crippen molar-refractivity contribution in [3.8, 4) is 0 Å². The number of hydrogen-bond acceptors (Lipinski definition) is 5. The number of nitrogens with one attached hydrogen (secondary N) is 3. The monoisotopic (exact) mass is 463 g/mol. The predicted molar refractivity (Wildman–Crippen MR) is 132 cm³/mol. The normalized spacial score (nSPS) is 11.2. The van der Waals surface area contributed by atoms with Crippen molar-refractivity contribution < 1.29 is 19.1 Å². The lowest BCUT2D eigenvalue weighted by Gasteiger charge is -2.13. The van der Waals surface area contributed by atoms with Gasteiger partial charge in [0.15, 0.2) is 0 Å². The van der Waals surface area contributed by atoms with Crippen molar-refractivity contribution in [3.05, 3.63) is 84.4 Å². The fourth-order valence-electron chi connectivity index (χ4n) is 2.84. The van der Waals surface area contributed by atoms with Gasteiger partial charge in [0.1, 0.15) is 0 Å². The van der Waals surface area contributed by atoms with Crippen molar-refractivity contribution in [1.82, 2.24) is 0 Å². The largest absolute Gasteiger partial charge is 0.462 e. The molecule has 0 heterocycles. The fraction of sp³-hybridized carbons (Fsp3) is 0.160. The van der Waals surface area contributed by atoms with E-state index >= 15 is 0 Å². The summed E-state index contributed by atoms with van der Waals surface area (Å²) in [5.41, 5.74) is 2.39. The minimum atomic E-state index is -0.394. The Hall–Kier alpha value is -3.78. The van der Waals surface area contributed by atoms with E-state index in [9.17, 15) is 14.4 Å². The van der Waals surface area contributed by atoms with Crippen molar-refractivity contribution in [1.29, 1.82) is 0 Å². The van der Waals surface area contributed by atoms with Crippen LogP contribution in [0.2, 0.25) is 0 Å². The molecule has 0 aliphatic heterocycles. The van der Waals surface area contributed by atoms with Gasteiger partial charge in [-0.2, -0.15) is 0 Å². The van der Waals surface area contributed by atoms with E-state index in [0.717, 1.165) is 4.90 Å². The maximum Gasteiger partial charge on any atom is 0.338 e. The van der Waals surface area contributed by atoms with Crippen molar-refractivity contribution in [2.45, 2.75) is 24.0 Å². The highest BCUT2D eigenvalue weighted by Crippen LogP contribution is 2.26. The second-order valence-corrected chi connectivity index (χ2v) is 8.43. The maximum absolute atomic E-state index is 12.5. The number of thioether (sulfide) groups is 1. The predicted octanol–water partition coefficient (Wildman–Crippen LogP) is 5.63. The summed E-state index contributed by atoms with van der Waals surface area (Å²) in [5, 5.41) is 8.02. The Morgan fingerprint density at radius 2 is 1.33 bits per heavy atom. The molecule has 0 bridgehead atoms. The number of esters is 1. The second-order valence-electron chi connectivity index (χ2n) is 7.02. The first kappa shape index (κ1) is 23.9. The summed E-state index contributed by atoms with van der Waals surface area (Å²) in [5.74, 6) is -0.553. The Kier molecular flexibility index (Phi) is 8.49. The summed E-state index contributed by atoms with van der Waals surface area (Å²) in [6, 6.07) is 22.7. The number of benzene rings is 3. The van der Waals surface area contributed by atoms with Gasteiger partial charge < -0.3 is 20.7 Å². The molecule has 1 unspecified atom stereocenters. The van der Waals surface area contributed by atoms with Crippen molar-refractivity contribution in [2.24, 2.45) is 0 Å². The van der Waals surface area contributed by atoms with Crippen LogP contribution in [0.25, 0.3) is 0 Å². The van der Waals surface area contributed by atoms with E-state index < -0.39 is 5.97 Å². The van der Waals surface area contributed by atoms with E-state index in [0.29, 0.717) is 29.2 Å². The molecule has 3 amide bonds. The zero-order valence-corrected chi connectivity index (χ0v) is 19.1. The van der Waals surface area contributed by atoms with E-state index in [2.05, 4.69) is 16.0 Å². The molecular formula is C25H25N3O4S. The van der Waals surface area contributed by atoms with Gasteiger partial charge in [-0.1, -0.05) is 18.2 Å². The van der Waals surface area contributed by atoms with Gasteiger partial charge in [-0.25, -0.2) is 9.59 Å². The van der Waals surface area contributed by atoms with Crippen LogP contribution in [-0.4, -0.2) is 29.8 Å². The van der Waals surface area contributed by atoms with E-state index in [1.807, 2.05) is 37.3 Å². The lowest BCUT2D eigenvalue weighted by molar-refractivity contribution is -0.115. The van der Waals surface area contributed by atoms with Crippen LogP contribution in [-0.2, 0) is 9.53 Å². The Morgan fingerprint density at radius 3 is 1.94 bits per heavy atom. The molecule has 3 rings (SSSR count). The third-order valence-electron chi connectivity index (χ3n) is 4.49. The molecule has 0 fully saturated rings. The van der Waals surface area contributed by atoms with Crippen LogP contribution in [0.4, 0.5) is 21.9 Å². The van der Waals surface area contributed by atoms with Crippen molar-refractivity contribution in [3.63, 3.8) is 0 Å². The van der Waals surface area contributed by atoms with Crippen LogP contribution in [0.5, 0.6) is 0 Å². The first-order valence-electron chi connectivity index (χ1n) is 10.4. The highest BCUT2D eigenvalue weighted by Gasteiger charge is 2.15. The zero-order chi connectivity index (χ0) is 23.6. The van der Waals surface area contributed by atoms with Gasteiger partial charge in [0.25, 0.3) is 0 Å². The lowest BCUT2D eigenvalue weighted by atomic mass is 10.2. The molecule has 0 spiro atoms. The summed E-state index contributed by atoms with van der Waals surface area (Å²) in [6.07, 6.45) is 0. The average molecular weight is 464 g/mol. The minimum Gasteiger partial charge on any atom is -0.462 e. The smallest absolute Gasteiger partial charge is 0.338 e. The number of hydrogen-bond donors (Lipinski definition) is 3. The molecule has 1 atom stereocenters. The van der Waals surface area contributed by atoms with Gasteiger partial charge in [-0.05, 0) is 74.5 Å². The van der Waals surface area contributed by atoms with Crippen molar-refractivity contribution in [2.75, 3.05) is 22.6 Å². The molecule has 170 valence electrons. The minimum absolute atomic E-state index is 0.159. The van der Waals surface area contributed by atoms with Gasteiger partial charge >= 0.3 is 12.0 Å². The molecule has 0 aliphatic rings. The molecule has 0 saturated heterocycles. The summed E-state index contributed by atoms with van der Waals surface area (Å²) in [6.45, 7) is 3.87. The molecule has 3 N–H and O–H groups in total. The van der Waals surface area contributed by atoms with Crippen molar-refractivity contribution >= 4 is 46.7 Å². The molecular weight excluding hydrogens is 438 g/mol. The molecule has 0 saturated carbocycles. The molecule has 0 aromatic heterocycles. The molecule has 7 nitrogen and oxygen atoms in total. The number of carbonyl (C=O) groups is 3. The quantitative estimate of drug-likeness (QED) is 0.297. The number of carbonyl (C=O) groups excluding carboxylic acids is 3. The third kappa shape index (κ3) is 7.40. The Morgan fingerprint density at radius 1 is 0.788 bits per heavy atom. The molecule has 33 heavy (non-hydrogen) atoms. The molecule has 3 aromatic carbocycles. The standard InChI is InChI=1S/C25H25N3O4S/c1-3-32-24(30)18-9-11-20(12-10-18)26-23(29)17(2)33-22-15-13-21(14-16-22)28-25(31)27-19-7-5-4-6-8-19/h4-17H,3H2,1-2H3,(H,26,29)(H2,27,28,31). The number of rotatable bonds is 8. The molecule has 0 aliphatic carbocycles. The van der Waals surface area contributed by atoms with Crippen LogP contribution < -0.4 is 16.0 Å². The van der Waals surface area contributed by atoms with Gasteiger partial charge in [0, 0.05) is 22.0 Å². The van der Waals surface area contributed by atoms with E-state index in [1.165, 1.54) is 11.8 Å². The number of anilines is 3. The van der Waals surface area contributed by atoms with Crippen LogP contribution in [0, 0.1) is 0 Å². The Bertz CT molecular complexity index is 1090. The van der Waals surface area contributed by atoms with E-state index in [1.54, 1.807) is 55.5 Å². The average Bonchev–Trinajstić information content (AvgIpc) is 2.81. The summed E-state index contributed by atoms with van der Waals surface area (Å²) < 4.78 is 4.95. The van der Waals surface area contributed by atoms with Gasteiger partial charge in [0.2, 0.25) is 5.91 Å². The second kappa shape index (κ2) is 11.7. The molecule has 8 heteroatoms. The van der Waals surface area contributed by atoms with Gasteiger partial charge in [0.05, 0.1) is 17.4 Å². The maximum atomic E-state index is 12.5. The van der Waals surface area contributed by atoms with E-state index in [-0.39, 0.29) is 17.2 Å². The van der Waals surface area contributed by atoms with Crippen LogP contribution in [0.15, 0.2) is 83.8 Å². The highest BCUT2D eigenvalue weighted by molar-refractivity contribution is 8.00. The van der Waals surface area contributed by atoms with E-state index in [4.69, 9.17) is 4.74 Å². The molecule has 0 radical (unpaired) electrons. The Labute approximate surface area is 196 Å². The van der Waals surface area contributed by atoms with Crippen LogP contribution in [0.3, 0.4) is 0 Å². The number of ether oxygens (including phenoxy) is 1. The zero-order valence-electron chi connectivity index (χ0n) is 18.3. The van der Waals surface area contributed by atoms with Crippen LogP contribution in [0.1, 0.15) is 24.2 Å². The number of urea groups is 1. The first-order chi connectivity index (χ1) is 15.9. The Balaban J connectivity index is 1.49. The van der Waals surface area contributed by atoms with Crippen LogP contribution >= 0.6 is 11.8 Å². The lowest BCUT2D eigenvalue weighted by Crippen LogP contribution is -2.22. The van der Waals surface area contributed by atoms with Gasteiger partial charge in [-0.3, -0.25) is 4.79 Å². The first-order valence-corrected chi connectivity index (χ1v) is 11.3. The molecule has 3 aromatic rings. The number of para-hydroxylation sites is 1. The number of amides is 3. The fourth-order valence-corrected chi connectivity index (χ4v) is 3.70. The van der Waals surface area contributed by atoms with Gasteiger partial charge in [-0.15, -0.1) is 11.8 Å². The SMILES string of the molecule is CCOC(=O)c1ccc(NC(=O)C(C)Sc2ccc(NC(=O)Nc3ccccc3)cc2)cc1. The topological polar surface area (TPSA) is 96.5 Å².